The lowest BCUT2D eigenvalue weighted by molar-refractivity contribution is -0.117. The molecule has 0 saturated carbocycles. The summed E-state index contributed by atoms with van der Waals surface area (Å²) < 4.78 is 0. The van der Waals surface area contributed by atoms with Crippen molar-refractivity contribution in [2.24, 2.45) is 4.99 Å². The Morgan fingerprint density at radius 2 is 2.12 bits per heavy atom. The van der Waals surface area contributed by atoms with Gasteiger partial charge in [0.25, 0.3) is 0 Å². The van der Waals surface area contributed by atoms with E-state index in [0.717, 1.165) is 17.1 Å². The van der Waals surface area contributed by atoms with E-state index < -0.39 is 0 Å². The SMILES string of the molecule is CC(=O)CC1C(C)=Nc2ccccc2N1C. The second-order valence-corrected chi connectivity index (χ2v) is 4.27. The molecule has 0 saturated heterocycles. The molecule has 0 fully saturated rings. The van der Waals surface area contributed by atoms with Crippen molar-refractivity contribution in [1.82, 2.24) is 0 Å². The average molecular weight is 216 g/mol. The van der Waals surface area contributed by atoms with Crippen LogP contribution in [0.15, 0.2) is 29.3 Å². The third-order valence-electron chi connectivity index (χ3n) is 2.99. The number of nitrogens with zero attached hydrogens (tertiary/aromatic N) is 2. The molecule has 3 heteroatoms. The fourth-order valence-corrected chi connectivity index (χ4v) is 2.13. The number of fused-ring (bicyclic) bond motifs is 1. The van der Waals surface area contributed by atoms with Gasteiger partial charge in [-0.15, -0.1) is 0 Å². The number of Topliss-reactive ketones (excluding diaryl/α,β-unsaturated/α-hetero) is 1. The predicted molar refractivity (Wildman–Crippen MR) is 66.7 cm³/mol. The van der Waals surface area contributed by atoms with E-state index in [1.165, 1.54) is 0 Å². The smallest absolute Gasteiger partial charge is 0.132 e. The van der Waals surface area contributed by atoms with Gasteiger partial charge in [-0.3, -0.25) is 9.79 Å². The Morgan fingerprint density at radius 3 is 2.81 bits per heavy atom. The number of anilines is 1. The third kappa shape index (κ3) is 1.85. The Bertz CT molecular complexity index is 451. The molecule has 0 bridgehead atoms. The van der Waals surface area contributed by atoms with Crippen LogP contribution < -0.4 is 4.90 Å². The van der Waals surface area contributed by atoms with Crippen LogP contribution in [0.25, 0.3) is 0 Å². The van der Waals surface area contributed by atoms with Crippen LogP contribution in [0.1, 0.15) is 20.3 Å². The van der Waals surface area contributed by atoms with Gasteiger partial charge in [0, 0.05) is 19.2 Å². The van der Waals surface area contributed by atoms with E-state index in [1.54, 1.807) is 6.92 Å². The molecule has 1 unspecified atom stereocenters. The van der Waals surface area contributed by atoms with Gasteiger partial charge < -0.3 is 4.90 Å². The lowest BCUT2D eigenvalue weighted by Gasteiger charge is -2.34. The van der Waals surface area contributed by atoms with Gasteiger partial charge in [-0.25, -0.2) is 0 Å². The monoisotopic (exact) mass is 216 g/mol. The van der Waals surface area contributed by atoms with Crippen LogP contribution in [-0.2, 0) is 4.79 Å². The highest BCUT2D eigenvalue weighted by Gasteiger charge is 2.25. The predicted octanol–water partition coefficient (Wildman–Crippen LogP) is 2.58. The molecule has 1 aromatic rings. The molecule has 16 heavy (non-hydrogen) atoms. The second-order valence-electron chi connectivity index (χ2n) is 4.27. The normalized spacial score (nSPS) is 19.1. The molecule has 1 aliphatic heterocycles. The molecule has 2 rings (SSSR count). The van der Waals surface area contributed by atoms with E-state index in [2.05, 4.69) is 9.89 Å². The maximum atomic E-state index is 11.2. The van der Waals surface area contributed by atoms with Crippen LogP contribution >= 0.6 is 0 Å². The second kappa shape index (κ2) is 4.08. The highest BCUT2D eigenvalue weighted by atomic mass is 16.1. The zero-order chi connectivity index (χ0) is 11.7. The van der Waals surface area contributed by atoms with Gasteiger partial charge in [-0.05, 0) is 26.0 Å². The molecule has 1 heterocycles. The number of carbonyl (C=O) groups is 1. The number of hydrogen-bond donors (Lipinski definition) is 0. The molecule has 0 radical (unpaired) electrons. The van der Waals surface area contributed by atoms with E-state index in [1.807, 2.05) is 38.2 Å². The van der Waals surface area contributed by atoms with Crippen molar-refractivity contribution in [3.8, 4) is 0 Å². The molecule has 3 nitrogen and oxygen atoms in total. The summed E-state index contributed by atoms with van der Waals surface area (Å²) in [5.41, 5.74) is 3.10. The lowest BCUT2D eigenvalue weighted by atomic mass is 10.0. The van der Waals surface area contributed by atoms with Gasteiger partial charge in [-0.2, -0.15) is 0 Å². The maximum absolute atomic E-state index is 11.2. The van der Waals surface area contributed by atoms with Crippen LogP contribution in [0, 0.1) is 0 Å². The Morgan fingerprint density at radius 1 is 1.44 bits per heavy atom. The Balaban J connectivity index is 2.39. The van der Waals surface area contributed by atoms with E-state index >= 15 is 0 Å². The first-order valence-electron chi connectivity index (χ1n) is 5.46. The van der Waals surface area contributed by atoms with Crippen molar-refractivity contribution in [2.45, 2.75) is 26.3 Å². The van der Waals surface area contributed by atoms with Crippen LogP contribution in [0.5, 0.6) is 0 Å². The van der Waals surface area contributed by atoms with E-state index in [-0.39, 0.29) is 11.8 Å². The van der Waals surface area contributed by atoms with Crippen LogP contribution in [0.2, 0.25) is 0 Å². The first kappa shape index (κ1) is 10.9. The van der Waals surface area contributed by atoms with Gasteiger partial charge in [0.1, 0.15) is 5.78 Å². The highest BCUT2D eigenvalue weighted by molar-refractivity contribution is 5.99. The summed E-state index contributed by atoms with van der Waals surface area (Å²) in [6, 6.07) is 8.12. The fraction of sp³-hybridized carbons (Fsp3) is 0.385. The van der Waals surface area contributed by atoms with Crippen molar-refractivity contribution in [3.63, 3.8) is 0 Å². The van der Waals surface area contributed by atoms with Gasteiger partial charge in [0.15, 0.2) is 0 Å². The van der Waals surface area contributed by atoms with Gasteiger partial charge >= 0.3 is 0 Å². The van der Waals surface area contributed by atoms with Crippen molar-refractivity contribution in [2.75, 3.05) is 11.9 Å². The number of ketones is 1. The molecule has 84 valence electrons. The highest BCUT2D eigenvalue weighted by Crippen LogP contribution is 2.33. The van der Waals surface area contributed by atoms with Crippen molar-refractivity contribution < 1.29 is 4.79 Å². The summed E-state index contributed by atoms with van der Waals surface area (Å²) >= 11 is 0. The number of aliphatic imine (C=N–C) groups is 1. The number of para-hydroxylation sites is 2. The third-order valence-corrected chi connectivity index (χ3v) is 2.99. The van der Waals surface area contributed by atoms with Gasteiger partial charge in [0.05, 0.1) is 17.4 Å². The molecule has 1 aromatic carbocycles. The maximum Gasteiger partial charge on any atom is 0.132 e. The Labute approximate surface area is 95.8 Å². The summed E-state index contributed by atoms with van der Waals surface area (Å²) in [5, 5.41) is 0. The van der Waals surface area contributed by atoms with Crippen molar-refractivity contribution in [1.29, 1.82) is 0 Å². The fourth-order valence-electron chi connectivity index (χ4n) is 2.13. The molecule has 1 atom stereocenters. The minimum absolute atomic E-state index is 0.104. The quantitative estimate of drug-likeness (QED) is 0.761. The van der Waals surface area contributed by atoms with Crippen molar-refractivity contribution >= 4 is 22.9 Å². The summed E-state index contributed by atoms with van der Waals surface area (Å²) in [7, 11) is 2.02. The Kier molecular flexibility index (Phi) is 2.77. The van der Waals surface area contributed by atoms with Crippen LogP contribution in [0.4, 0.5) is 11.4 Å². The van der Waals surface area contributed by atoms with Crippen LogP contribution in [0.3, 0.4) is 0 Å². The zero-order valence-corrected chi connectivity index (χ0v) is 9.90. The number of carbonyl (C=O) groups excluding carboxylic acids is 1. The first-order chi connectivity index (χ1) is 7.59. The minimum atomic E-state index is 0.104. The number of rotatable bonds is 2. The molecule has 1 aliphatic rings. The lowest BCUT2D eigenvalue weighted by Crippen LogP contribution is -2.40. The van der Waals surface area contributed by atoms with Crippen molar-refractivity contribution in [3.05, 3.63) is 24.3 Å². The van der Waals surface area contributed by atoms with E-state index in [4.69, 9.17) is 0 Å². The topological polar surface area (TPSA) is 32.7 Å². The number of benzene rings is 1. The molecular weight excluding hydrogens is 200 g/mol. The zero-order valence-electron chi connectivity index (χ0n) is 9.90. The molecule has 0 aliphatic carbocycles. The molecule has 0 amide bonds. The summed E-state index contributed by atoms with van der Waals surface area (Å²) in [4.78, 5) is 17.9. The number of hydrogen-bond acceptors (Lipinski definition) is 3. The molecule has 0 N–H and O–H groups in total. The minimum Gasteiger partial charge on any atom is -0.364 e. The molecule has 0 aromatic heterocycles. The standard InChI is InChI=1S/C13H16N2O/c1-9(16)8-13-10(2)14-11-6-4-5-7-12(11)15(13)3/h4-7,13H,8H2,1-3H3. The summed E-state index contributed by atoms with van der Waals surface area (Å²) in [5.74, 6) is 0.200. The average Bonchev–Trinajstić information content (AvgIpc) is 2.24. The van der Waals surface area contributed by atoms with E-state index in [0.29, 0.717) is 6.42 Å². The molecular formula is C13H16N2O. The Hall–Kier alpha value is -1.64. The van der Waals surface area contributed by atoms with Crippen LogP contribution in [-0.4, -0.2) is 24.6 Å². The molecule has 0 spiro atoms. The first-order valence-corrected chi connectivity index (χ1v) is 5.46. The largest absolute Gasteiger partial charge is 0.364 e. The summed E-state index contributed by atoms with van der Waals surface area (Å²) in [6.45, 7) is 3.61. The summed E-state index contributed by atoms with van der Waals surface area (Å²) in [6.07, 6.45) is 0.528. The van der Waals surface area contributed by atoms with E-state index in [9.17, 15) is 4.79 Å². The van der Waals surface area contributed by atoms with Gasteiger partial charge in [-0.1, -0.05) is 12.1 Å². The van der Waals surface area contributed by atoms with Gasteiger partial charge in [0.2, 0.25) is 0 Å².